The van der Waals surface area contributed by atoms with Gasteiger partial charge >= 0.3 is 7.12 Å². The third-order valence-electron chi connectivity index (χ3n) is 4.71. The Labute approximate surface area is 116 Å². The summed E-state index contributed by atoms with van der Waals surface area (Å²) < 4.78 is 12.3. The van der Waals surface area contributed by atoms with Gasteiger partial charge in [0.2, 0.25) is 0 Å². The molecule has 1 saturated heterocycles. The van der Waals surface area contributed by atoms with Gasteiger partial charge in [-0.05, 0) is 33.2 Å². The van der Waals surface area contributed by atoms with Crippen LogP contribution in [0.2, 0.25) is 0 Å². The Bertz CT molecular complexity index is 481. The second-order valence-electron chi connectivity index (χ2n) is 6.51. The second kappa shape index (κ2) is 4.22. The highest BCUT2D eigenvalue weighted by Crippen LogP contribution is 2.42. The lowest BCUT2D eigenvalue weighted by Crippen LogP contribution is -2.41. The topological polar surface area (TPSA) is 18.5 Å². The van der Waals surface area contributed by atoms with E-state index in [9.17, 15) is 0 Å². The largest absolute Gasteiger partial charge is 0.491 e. The molecule has 3 aliphatic rings. The first-order valence-corrected chi connectivity index (χ1v) is 7.00. The van der Waals surface area contributed by atoms with Crippen LogP contribution in [0.5, 0.6) is 0 Å². The van der Waals surface area contributed by atoms with Gasteiger partial charge in [-0.3, -0.25) is 0 Å². The molecule has 1 heterocycles. The van der Waals surface area contributed by atoms with Crippen molar-refractivity contribution < 1.29 is 9.31 Å². The lowest BCUT2D eigenvalue weighted by molar-refractivity contribution is 0.00578. The molecule has 100 valence electrons. The molecular weight excluding hydrogens is 235 g/mol. The van der Waals surface area contributed by atoms with E-state index in [0.29, 0.717) is 11.8 Å². The van der Waals surface area contributed by atoms with Crippen molar-refractivity contribution in [1.82, 2.24) is 0 Å². The SMILES string of the molecule is CC1(C)OB(C2=CC=CC3C=CC=CC23)OC1(C)C. The molecule has 0 spiro atoms. The minimum Gasteiger partial charge on any atom is -0.400 e. The van der Waals surface area contributed by atoms with E-state index >= 15 is 0 Å². The maximum Gasteiger partial charge on any atom is 0.491 e. The van der Waals surface area contributed by atoms with E-state index in [0.717, 1.165) is 0 Å². The van der Waals surface area contributed by atoms with Gasteiger partial charge in [0, 0.05) is 11.8 Å². The van der Waals surface area contributed by atoms with Crippen LogP contribution in [0.15, 0.2) is 48.0 Å². The number of rotatable bonds is 1. The highest BCUT2D eigenvalue weighted by molar-refractivity contribution is 6.55. The Hall–Kier alpha value is -1.06. The van der Waals surface area contributed by atoms with Gasteiger partial charge in [-0.1, -0.05) is 42.5 Å². The molecule has 19 heavy (non-hydrogen) atoms. The molecule has 0 radical (unpaired) electrons. The van der Waals surface area contributed by atoms with Crippen LogP contribution in [0.4, 0.5) is 0 Å². The maximum atomic E-state index is 6.17. The summed E-state index contributed by atoms with van der Waals surface area (Å²) in [6.07, 6.45) is 15.2. The Morgan fingerprint density at radius 1 is 0.895 bits per heavy atom. The number of hydrogen-bond donors (Lipinski definition) is 0. The predicted molar refractivity (Wildman–Crippen MR) is 78.6 cm³/mol. The summed E-state index contributed by atoms with van der Waals surface area (Å²) in [6.45, 7) is 8.39. The van der Waals surface area contributed by atoms with E-state index in [2.05, 4.69) is 70.2 Å². The van der Waals surface area contributed by atoms with Crippen molar-refractivity contribution in [3.8, 4) is 0 Å². The second-order valence-corrected chi connectivity index (χ2v) is 6.51. The molecule has 1 fully saturated rings. The average molecular weight is 256 g/mol. The van der Waals surface area contributed by atoms with E-state index in [-0.39, 0.29) is 18.3 Å². The van der Waals surface area contributed by atoms with Gasteiger partial charge in [0.1, 0.15) is 0 Å². The number of hydrogen-bond acceptors (Lipinski definition) is 2. The van der Waals surface area contributed by atoms with Crippen LogP contribution in [0.25, 0.3) is 0 Å². The number of allylic oxidation sites excluding steroid dienone is 8. The van der Waals surface area contributed by atoms with Crippen LogP contribution in [0.1, 0.15) is 27.7 Å². The van der Waals surface area contributed by atoms with E-state index < -0.39 is 0 Å². The normalized spacial score (nSPS) is 34.3. The lowest BCUT2D eigenvalue weighted by atomic mass is 9.64. The van der Waals surface area contributed by atoms with Crippen molar-refractivity contribution in [3.63, 3.8) is 0 Å². The molecule has 3 heteroatoms. The molecule has 0 aromatic heterocycles. The van der Waals surface area contributed by atoms with Crippen molar-refractivity contribution in [3.05, 3.63) is 48.0 Å². The molecule has 0 saturated carbocycles. The molecule has 0 aromatic rings. The molecule has 0 aromatic carbocycles. The first kappa shape index (κ1) is 13.0. The van der Waals surface area contributed by atoms with Crippen LogP contribution in [0, 0.1) is 11.8 Å². The van der Waals surface area contributed by atoms with Crippen molar-refractivity contribution in [1.29, 1.82) is 0 Å². The Morgan fingerprint density at radius 3 is 2.16 bits per heavy atom. The van der Waals surface area contributed by atoms with Gasteiger partial charge in [0.05, 0.1) is 11.2 Å². The van der Waals surface area contributed by atoms with Gasteiger partial charge in [-0.2, -0.15) is 0 Å². The Morgan fingerprint density at radius 2 is 1.47 bits per heavy atom. The zero-order valence-corrected chi connectivity index (χ0v) is 12.1. The molecule has 2 unspecified atom stereocenters. The highest BCUT2D eigenvalue weighted by atomic mass is 16.7. The first-order chi connectivity index (χ1) is 8.91. The van der Waals surface area contributed by atoms with Gasteiger partial charge in [0.15, 0.2) is 0 Å². The molecule has 3 rings (SSSR count). The van der Waals surface area contributed by atoms with E-state index in [1.807, 2.05) is 0 Å². The molecule has 0 N–H and O–H groups in total. The van der Waals surface area contributed by atoms with Crippen LogP contribution in [0.3, 0.4) is 0 Å². The smallest absolute Gasteiger partial charge is 0.400 e. The molecule has 1 aliphatic heterocycles. The van der Waals surface area contributed by atoms with Gasteiger partial charge in [-0.25, -0.2) is 0 Å². The summed E-state index contributed by atoms with van der Waals surface area (Å²) in [5.41, 5.74) is 0.680. The van der Waals surface area contributed by atoms with Crippen LogP contribution >= 0.6 is 0 Å². The van der Waals surface area contributed by atoms with Crippen molar-refractivity contribution in [2.75, 3.05) is 0 Å². The third-order valence-corrected chi connectivity index (χ3v) is 4.71. The quantitative estimate of drug-likeness (QED) is 0.669. The Kier molecular flexibility index (Phi) is 2.88. The van der Waals surface area contributed by atoms with Crippen molar-refractivity contribution in [2.24, 2.45) is 11.8 Å². The predicted octanol–water partition coefficient (Wildman–Crippen LogP) is 3.47. The molecule has 2 nitrogen and oxygen atoms in total. The fraction of sp³-hybridized carbons (Fsp3) is 0.500. The number of fused-ring (bicyclic) bond motifs is 1. The fourth-order valence-corrected chi connectivity index (χ4v) is 2.76. The zero-order valence-electron chi connectivity index (χ0n) is 12.1. The summed E-state index contributed by atoms with van der Waals surface area (Å²) in [5, 5.41) is 0. The average Bonchev–Trinajstić information content (AvgIpc) is 2.58. The molecule has 0 amide bonds. The highest BCUT2D eigenvalue weighted by Gasteiger charge is 2.53. The molecule has 2 atom stereocenters. The summed E-state index contributed by atoms with van der Waals surface area (Å²) in [5.74, 6) is 0.800. The van der Waals surface area contributed by atoms with Crippen LogP contribution in [-0.4, -0.2) is 18.3 Å². The van der Waals surface area contributed by atoms with Gasteiger partial charge in [0.25, 0.3) is 0 Å². The fourth-order valence-electron chi connectivity index (χ4n) is 2.76. The summed E-state index contributed by atoms with van der Waals surface area (Å²) in [4.78, 5) is 0. The molecule has 2 aliphatic carbocycles. The maximum absolute atomic E-state index is 6.17. The Balaban J connectivity index is 1.88. The van der Waals surface area contributed by atoms with E-state index in [4.69, 9.17) is 9.31 Å². The monoisotopic (exact) mass is 256 g/mol. The standard InChI is InChI=1S/C16H21BO2/c1-15(2)16(3,4)19-17(18-15)14-11-7-9-12-8-5-6-10-13(12)14/h5-13H,1-4H3. The summed E-state index contributed by atoms with van der Waals surface area (Å²) >= 11 is 0. The summed E-state index contributed by atoms with van der Waals surface area (Å²) in [7, 11) is -0.237. The molecule has 0 bridgehead atoms. The van der Waals surface area contributed by atoms with Crippen molar-refractivity contribution in [2.45, 2.75) is 38.9 Å². The van der Waals surface area contributed by atoms with Crippen molar-refractivity contribution >= 4 is 7.12 Å². The van der Waals surface area contributed by atoms with Crippen LogP contribution in [-0.2, 0) is 9.31 Å². The van der Waals surface area contributed by atoms with Gasteiger partial charge in [-0.15, -0.1) is 0 Å². The van der Waals surface area contributed by atoms with Crippen LogP contribution < -0.4 is 0 Å². The first-order valence-electron chi connectivity index (χ1n) is 7.00. The minimum absolute atomic E-state index is 0.237. The third kappa shape index (κ3) is 2.05. The van der Waals surface area contributed by atoms with E-state index in [1.165, 1.54) is 5.47 Å². The lowest BCUT2D eigenvalue weighted by Gasteiger charge is -2.32. The minimum atomic E-state index is -0.274. The van der Waals surface area contributed by atoms with E-state index in [1.54, 1.807) is 0 Å². The molecular formula is C16H21BO2. The zero-order chi connectivity index (χ0) is 13.7. The van der Waals surface area contributed by atoms with Gasteiger partial charge < -0.3 is 9.31 Å². The summed E-state index contributed by atoms with van der Waals surface area (Å²) in [6, 6.07) is 0.